The standard InChI is InChI=1S/C14H15BrClNO5/c1-5-11(18)12(19)13(20)14(21-5)22-10-4-17-9-3-8(16)7(15)2-6(9)10/h2-5,11-14,17-20H,1H3/t5-,11+,12+,13-,14?/m1/s1. The molecule has 120 valence electrons. The lowest BCUT2D eigenvalue weighted by Gasteiger charge is -2.38. The van der Waals surface area contributed by atoms with Crippen molar-refractivity contribution in [2.45, 2.75) is 37.6 Å². The fourth-order valence-corrected chi connectivity index (χ4v) is 2.93. The van der Waals surface area contributed by atoms with Crippen LogP contribution in [0.2, 0.25) is 5.02 Å². The van der Waals surface area contributed by atoms with Gasteiger partial charge in [-0.25, -0.2) is 0 Å². The van der Waals surface area contributed by atoms with E-state index < -0.39 is 30.7 Å². The summed E-state index contributed by atoms with van der Waals surface area (Å²) in [5.74, 6) is 0.451. The number of fused-ring (bicyclic) bond motifs is 1. The molecule has 5 atom stereocenters. The molecule has 1 aliphatic rings. The van der Waals surface area contributed by atoms with E-state index in [1.807, 2.05) is 0 Å². The average Bonchev–Trinajstić information content (AvgIpc) is 2.85. The van der Waals surface area contributed by atoms with Crippen molar-refractivity contribution in [1.29, 1.82) is 0 Å². The Morgan fingerprint density at radius 2 is 1.95 bits per heavy atom. The van der Waals surface area contributed by atoms with Gasteiger partial charge >= 0.3 is 0 Å². The van der Waals surface area contributed by atoms with Crippen molar-refractivity contribution in [3.8, 4) is 5.75 Å². The summed E-state index contributed by atoms with van der Waals surface area (Å²) in [4.78, 5) is 3.01. The van der Waals surface area contributed by atoms with Crippen molar-refractivity contribution >= 4 is 38.4 Å². The smallest absolute Gasteiger partial charge is 0.229 e. The minimum Gasteiger partial charge on any atom is -0.460 e. The number of aliphatic hydroxyl groups excluding tert-OH is 3. The monoisotopic (exact) mass is 391 g/mol. The second-order valence-electron chi connectivity index (χ2n) is 5.26. The molecule has 4 N–H and O–H groups in total. The zero-order valence-corrected chi connectivity index (χ0v) is 13.9. The third-order valence-corrected chi connectivity index (χ3v) is 4.93. The second-order valence-corrected chi connectivity index (χ2v) is 6.53. The number of ether oxygens (including phenoxy) is 2. The molecule has 0 saturated carbocycles. The van der Waals surface area contributed by atoms with Crippen molar-refractivity contribution in [3.63, 3.8) is 0 Å². The summed E-state index contributed by atoms with van der Waals surface area (Å²) in [5.41, 5.74) is 0.766. The van der Waals surface area contributed by atoms with Gasteiger partial charge in [0.15, 0.2) is 0 Å². The third kappa shape index (κ3) is 2.73. The number of hydrogen-bond acceptors (Lipinski definition) is 5. The first-order valence-electron chi connectivity index (χ1n) is 6.71. The van der Waals surface area contributed by atoms with Gasteiger partial charge in [-0.15, -0.1) is 0 Å². The number of hydrogen-bond donors (Lipinski definition) is 4. The van der Waals surface area contributed by atoms with E-state index in [1.165, 1.54) is 0 Å². The highest BCUT2D eigenvalue weighted by molar-refractivity contribution is 9.10. The van der Waals surface area contributed by atoms with Gasteiger partial charge in [-0.05, 0) is 35.0 Å². The number of halogens is 2. The van der Waals surface area contributed by atoms with Crippen molar-refractivity contribution < 1.29 is 24.8 Å². The molecule has 0 bridgehead atoms. The molecular weight excluding hydrogens is 378 g/mol. The molecule has 0 amide bonds. The van der Waals surface area contributed by atoms with E-state index in [1.54, 1.807) is 25.3 Å². The zero-order valence-electron chi connectivity index (χ0n) is 11.5. The van der Waals surface area contributed by atoms with Gasteiger partial charge in [0, 0.05) is 16.1 Å². The maximum absolute atomic E-state index is 9.99. The van der Waals surface area contributed by atoms with Gasteiger partial charge in [-0.3, -0.25) is 0 Å². The summed E-state index contributed by atoms with van der Waals surface area (Å²) in [6, 6.07) is 3.53. The largest absolute Gasteiger partial charge is 0.460 e. The molecule has 22 heavy (non-hydrogen) atoms. The van der Waals surface area contributed by atoms with Gasteiger partial charge in [-0.1, -0.05) is 11.6 Å². The van der Waals surface area contributed by atoms with Crippen LogP contribution >= 0.6 is 27.5 Å². The molecular formula is C14H15BrClNO5. The Kier molecular flexibility index (Phi) is 4.37. The van der Waals surface area contributed by atoms with E-state index >= 15 is 0 Å². The van der Waals surface area contributed by atoms with Crippen molar-refractivity contribution in [2.75, 3.05) is 0 Å². The molecule has 0 aliphatic carbocycles. The maximum atomic E-state index is 9.99. The molecule has 1 aliphatic heterocycles. The lowest BCUT2D eigenvalue weighted by molar-refractivity contribution is -0.267. The summed E-state index contributed by atoms with van der Waals surface area (Å²) >= 11 is 9.38. The summed E-state index contributed by atoms with van der Waals surface area (Å²) in [6.45, 7) is 1.60. The Morgan fingerprint density at radius 1 is 1.23 bits per heavy atom. The highest BCUT2D eigenvalue weighted by Gasteiger charge is 2.43. The van der Waals surface area contributed by atoms with Crippen LogP contribution in [-0.2, 0) is 4.74 Å². The van der Waals surface area contributed by atoms with Crippen LogP contribution < -0.4 is 4.74 Å². The van der Waals surface area contributed by atoms with Gasteiger partial charge in [-0.2, -0.15) is 0 Å². The summed E-state index contributed by atoms with van der Waals surface area (Å²) < 4.78 is 11.8. The molecule has 6 nitrogen and oxygen atoms in total. The molecule has 0 spiro atoms. The van der Waals surface area contributed by atoms with Crippen LogP contribution in [0.25, 0.3) is 10.9 Å². The molecule has 1 aromatic carbocycles. The topological polar surface area (TPSA) is 94.9 Å². The van der Waals surface area contributed by atoms with E-state index in [4.69, 9.17) is 21.1 Å². The van der Waals surface area contributed by atoms with Gasteiger partial charge in [0.2, 0.25) is 6.29 Å². The van der Waals surface area contributed by atoms with Crippen molar-refractivity contribution in [2.24, 2.45) is 0 Å². The number of aromatic nitrogens is 1. The molecule has 1 aromatic heterocycles. The highest BCUT2D eigenvalue weighted by Crippen LogP contribution is 2.34. The third-order valence-electron chi connectivity index (χ3n) is 3.74. The number of aromatic amines is 1. The zero-order chi connectivity index (χ0) is 16.0. The molecule has 1 fully saturated rings. The predicted octanol–water partition coefficient (Wildman–Crippen LogP) is 1.79. The Hall–Kier alpha value is -0.830. The molecule has 1 unspecified atom stereocenters. The van der Waals surface area contributed by atoms with Crippen molar-refractivity contribution in [3.05, 3.63) is 27.8 Å². The minimum atomic E-state index is -1.35. The summed E-state index contributed by atoms with van der Waals surface area (Å²) in [6.07, 6.45) is -3.97. The van der Waals surface area contributed by atoms with Crippen LogP contribution in [0.3, 0.4) is 0 Å². The first-order valence-corrected chi connectivity index (χ1v) is 7.88. The fourth-order valence-electron chi connectivity index (χ4n) is 2.42. The van der Waals surface area contributed by atoms with E-state index in [0.29, 0.717) is 15.2 Å². The molecule has 2 aromatic rings. The average molecular weight is 393 g/mol. The molecule has 3 rings (SSSR count). The number of rotatable bonds is 2. The Labute approximate surface area is 139 Å². The summed E-state index contributed by atoms with van der Waals surface area (Å²) in [7, 11) is 0. The van der Waals surface area contributed by atoms with Crippen LogP contribution in [-0.4, -0.2) is 51.0 Å². The van der Waals surface area contributed by atoms with E-state index in [9.17, 15) is 15.3 Å². The number of H-pyrrole nitrogens is 1. The van der Waals surface area contributed by atoms with Crippen LogP contribution in [0.4, 0.5) is 0 Å². The maximum Gasteiger partial charge on any atom is 0.229 e. The molecule has 0 radical (unpaired) electrons. The Morgan fingerprint density at radius 3 is 2.68 bits per heavy atom. The normalized spacial score (nSPS) is 32.4. The van der Waals surface area contributed by atoms with Gasteiger partial charge in [0.05, 0.1) is 16.6 Å². The quantitative estimate of drug-likeness (QED) is 0.625. The highest BCUT2D eigenvalue weighted by atomic mass is 79.9. The Bertz CT molecular complexity index is 693. The SMILES string of the molecule is C[C@H]1OC(Oc2c[nH]c3cc(Cl)c(Br)cc23)[C@H](O)[C@@H](O)[C@H]1O. The number of benzene rings is 1. The van der Waals surface area contributed by atoms with Crippen LogP contribution in [0.5, 0.6) is 5.75 Å². The fraction of sp³-hybridized carbons (Fsp3) is 0.429. The Balaban J connectivity index is 1.88. The molecule has 1 saturated heterocycles. The van der Waals surface area contributed by atoms with Gasteiger partial charge in [0.1, 0.15) is 24.1 Å². The number of nitrogens with one attached hydrogen (secondary N) is 1. The van der Waals surface area contributed by atoms with Crippen LogP contribution in [0.15, 0.2) is 22.8 Å². The van der Waals surface area contributed by atoms with Gasteiger partial charge < -0.3 is 29.8 Å². The van der Waals surface area contributed by atoms with Crippen molar-refractivity contribution in [1.82, 2.24) is 4.98 Å². The van der Waals surface area contributed by atoms with E-state index in [-0.39, 0.29) is 0 Å². The van der Waals surface area contributed by atoms with E-state index in [0.717, 1.165) is 10.9 Å². The number of aliphatic hydroxyl groups is 3. The van der Waals surface area contributed by atoms with Gasteiger partial charge in [0.25, 0.3) is 0 Å². The van der Waals surface area contributed by atoms with Crippen LogP contribution in [0, 0.1) is 0 Å². The minimum absolute atomic E-state index is 0.451. The second kappa shape index (κ2) is 5.99. The predicted molar refractivity (Wildman–Crippen MR) is 84.0 cm³/mol. The lowest BCUT2D eigenvalue weighted by Crippen LogP contribution is -2.58. The molecule has 2 heterocycles. The first kappa shape index (κ1) is 16.0. The lowest BCUT2D eigenvalue weighted by atomic mass is 10.00. The molecule has 8 heteroatoms. The van der Waals surface area contributed by atoms with E-state index in [2.05, 4.69) is 20.9 Å². The summed E-state index contributed by atoms with van der Waals surface area (Å²) in [5, 5.41) is 30.8. The first-order chi connectivity index (χ1) is 10.4. The van der Waals surface area contributed by atoms with Crippen LogP contribution in [0.1, 0.15) is 6.92 Å².